The highest BCUT2D eigenvalue weighted by Gasteiger charge is 2.31. The quantitative estimate of drug-likeness (QED) is 0.295. The predicted octanol–water partition coefficient (Wildman–Crippen LogP) is 5.57. The van der Waals surface area contributed by atoms with Gasteiger partial charge >= 0.3 is 12.1 Å². The molecule has 0 aliphatic heterocycles. The summed E-state index contributed by atoms with van der Waals surface area (Å²) in [5.41, 5.74) is -0.792. The Morgan fingerprint density at radius 1 is 1.19 bits per heavy atom. The van der Waals surface area contributed by atoms with E-state index in [0.717, 1.165) is 43.5 Å². The van der Waals surface area contributed by atoms with Gasteiger partial charge in [0.2, 0.25) is 0 Å². The van der Waals surface area contributed by atoms with Crippen molar-refractivity contribution in [2.75, 3.05) is 0 Å². The van der Waals surface area contributed by atoms with Crippen LogP contribution >= 0.6 is 0 Å². The highest BCUT2D eigenvalue weighted by atomic mass is 19.4. The minimum atomic E-state index is -4.42. The van der Waals surface area contributed by atoms with Gasteiger partial charge in [-0.3, -0.25) is 4.79 Å². The molecule has 0 amide bonds. The molecule has 26 heavy (non-hydrogen) atoms. The number of nitriles is 1. The number of hydrogen-bond donors (Lipinski definition) is 0. The Morgan fingerprint density at radius 2 is 1.81 bits per heavy atom. The number of alkyl halides is 3. The Labute approximate surface area is 149 Å². The maximum atomic E-state index is 12.7. The lowest BCUT2D eigenvalue weighted by molar-refractivity contribution is -0.140. The van der Waals surface area contributed by atoms with Crippen LogP contribution in [0.2, 0.25) is 0 Å². The molecule has 1 aromatic rings. The van der Waals surface area contributed by atoms with Crippen molar-refractivity contribution in [1.82, 2.24) is 0 Å². The van der Waals surface area contributed by atoms with Crippen LogP contribution in [0.1, 0.15) is 44.1 Å². The number of carbonyl (C=O) groups excluding carboxylic acids is 1. The number of hydrogen-bond acceptors (Lipinski definition) is 3. The van der Waals surface area contributed by atoms with Crippen molar-refractivity contribution in [2.24, 2.45) is 11.8 Å². The van der Waals surface area contributed by atoms with Gasteiger partial charge in [-0.1, -0.05) is 0 Å². The lowest BCUT2D eigenvalue weighted by Crippen LogP contribution is -2.25. The number of ether oxygens (including phenoxy) is 1. The van der Waals surface area contributed by atoms with E-state index in [1.807, 2.05) is 0 Å². The predicted molar refractivity (Wildman–Crippen MR) is 86.6 cm³/mol. The molecule has 3 nitrogen and oxygen atoms in total. The number of halogens is 4. The van der Waals surface area contributed by atoms with Crippen LogP contribution in [0.25, 0.3) is 0 Å². The normalized spacial score (nSPS) is 21.1. The Kier molecular flexibility index (Phi) is 6.78. The van der Waals surface area contributed by atoms with Gasteiger partial charge in [-0.05, 0) is 74.8 Å². The molecule has 0 aromatic heterocycles. The summed E-state index contributed by atoms with van der Waals surface area (Å²) >= 11 is 0. The van der Waals surface area contributed by atoms with Crippen LogP contribution in [0.3, 0.4) is 0 Å². The fraction of sp³-hybridized carbons (Fsp3) is 0.474. The van der Waals surface area contributed by atoms with Crippen molar-refractivity contribution in [3.8, 4) is 11.8 Å². The van der Waals surface area contributed by atoms with Gasteiger partial charge in [0, 0.05) is 0 Å². The molecule has 1 aliphatic rings. The molecule has 0 spiro atoms. The first kappa shape index (κ1) is 20.0. The van der Waals surface area contributed by atoms with Crippen molar-refractivity contribution in [3.63, 3.8) is 0 Å². The third kappa shape index (κ3) is 5.87. The molecule has 1 aliphatic carbocycles. The summed E-state index contributed by atoms with van der Waals surface area (Å²) in [7, 11) is 0. The molecule has 1 fully saturated rings. The maximum absolute atomic E-state index is 12.7. The smallest absolute Gasteiger partial charge is 0.416 e. The lowest BCUT2D eigenvalue weighted by atomic mass is 9.80. The monoisotopic (exact) mass is 369 g/mol. The second-order valence-corrected chi connectivity index (χ2v) is 6.40. The third-order valence-corrected chi connectivity index (χ3v) is 4.59. The average Bonchev–Trinajstić information content (AvgIpc) is 2.61. The Hall–Kier alpha value is -2.36. The highest BCUT2D eigenvalue weighted by molar-refractivity contribution is 5.75. The Morgan fingerprint density at radius 3 is 2.35 bits per heavy atom. The van der Waals surface area contributed by atoms with Gasteiger partial charge in [0.1, 0.15) is 11.8 Å². The maximum Gasteiger partial charge on any atom is 0.416 e. The highest BCUT2D eigenvalue weighted by Crippen LogP contribution is 2.33. The van der Waals surface area contributed by atoms with E-state index in [-0.39, 0.29) is 11.7 Å². The van der Waals surface area contributed by atoms with Crippen LogP contribution in [0.5, 0.6) is 5.75 Å². The first-order valence-electron chi connectivity index (χ1n) is 8.44. The topological polar surface area (TPSA) is 50.1 Å². The van der Waals surface area contributed by atoms with E-state index < -0.39 is 23.5 Å². The molecule has 1 saturated carbocycles. The van der Waals surface area contributed by atoms with Gasteiger partial charge in [-0.15, -0.1) is 0 Å². The number of rotatable bonds is 5. The summed E-state index contributed by atoms with van der Waals surface area (Å²) in [5.74, 6) is -1.02. The van der Waals surface area contributed by atoms with Gasteiger partial charge in [0.15, 0.2) is 5.83 Å². The summed E-state index contributed by atoms with van der Waals surface area (Å²) in [6.07, 6.45) is 0.963. The first-order valence-corrected chi connectivity index (χ1v) is 8.44. The first-order chi connectivity index (χ1) is 12.3. The Bertz CT molecular complexity index is 681. The zero-order valence-corrected chi connectivity index (χ0v) is 14.1. The van der Waals surface area contributed by atoms with Crippen LogP contribution < -0.4 is 4.74 Å². The van der Waals surface area contributed by atoms with E-state index in [2.05, 4.69) is 0 Å². The van der Waals surface area contributed by atoms with E-state index in [9.17, 15) is 22.4 Å². The molecule has 7 heteroatoms. The Balaban J connectivity index is 1.79. The third-order valence-electron chi connectivity index (χ3n) is 4.59. The van der Waals surface area contributed by atoms with E-state index in [1.54, 1.807) is 0 Å². The number of esters is 1. The molecule has 0 radical (unpaired) electrons. The summed E-state index contributed by atoms with van der Waals surface area (Å²) in [4.78, 5) is 12.2. The van der Waals surface area contributed by atoms with Crippen LogP contribution in [0.15, 0.2) is 36.2 Å². The van der Waals surface area contributed by atoms with E-state index in [0.29, 0.717) is 25.2 Å². The van der Waals surface area contributed by atoms with Gasteiger partial charge in [0.25, 0.3) is 0 Å². The van der Waals surface area contributed by atoms with Crippen molar-refractivity contribution >= 4 is 5.97 Å². The van der Waals surface area contributed by atoms with Gasteiger partial charge in [0.05, 0.1) is 11.5 Å². The minimum Gasteiger partial charge on any atom is -0.426 e. The van der Waals surface area contributed by atoms with E-state index in [1.165, 1.54) is 12.1 Å². The van der Waals surface area contributed by atoms with Crippen molar-refractivity contribution in [2.45, 2.75) is 44.7 Å². The number of nitrogens with zero attached hydrogens (tertiary/aromatic N) is 1. The van der Waals surface area contributed by atoms with E-state index >= 15 is 0 Å². The average molecular weight is 369 g/mol. The molecular weight excluding hydrogens is 350 g/mol. The van der Waals surface area contributed by atoms with Crippen molar-refractivity contribution in [3.05, 3.63) is 41.7 Å². The number of allylic oxidation sites excluding steroid dienone is 2. The van der Waals surface area contributed by atoms with Crippen LogP contribution in [-0.4, -0.2) is 5.97 Å². The molecule has 0 N–H and O–H groups in total. The molecule has 0 heterocycles. The molecule has 0 saturated heterocycles. The summed E-state index contributed by atoms with van der Waals surface area (Å²) in [6.45, 7) is 0. The molecule has 1 aromatic carbocycles. The second kappa shape index (κ2) is 8.84. The SMILES string of the molecule is N#CC(F)=CCC[C@H]1CC[C@H](C(=O)Oc2ccc(C(F)(F)F)cc2)CC1. The van der Waals surface area contributed by atoms with E-state index in [4.69, 9.17) is 10.00 Å². The van der Waals surface area contributed by atoms with Gasteiger partial charge in [-0.2, -0.15) is 22.8 Å². The minimum absolute atomic E-state index is 0.0993. The lowest BCUT2D eigenvalue weighted by Gasteiger charge is -2.26. The second-order valence-electron chi connectivity index (χ2n) is 6.40. The fourth-order valence-corrected chi connectivity index (χ4v) is 3.09. The zero-order valence-electron chi connectivity index (χ0n) is 14.1. The van der Waals surface area contributed by atoms with Crippen LogP contribution in [-0.2, 0) is 11.0 Å². The van der Waals surface area contributed by atoms with Crippen LogP contribution in [0, 0.1) is 23.2 Å². The fourth-order valence-electron chi connectivity index (χ4n) is 3.09. The molecule has 2 rings (SSSR count). The molecule has 0 atom stereocenters. The molecule has 140 valence electrons. The largest absolute Gasteiger partial charge is 0.426 e. The summed E-state index contributed by atoms with van der Waals surface area (Å²) < 4.78 is 55.5. The summed E-state index contributed by atoms with van der Waals surface area (Å²) in [5, 5.41) is 8.34. The number of carbonyl (C=O) groups is 1. The van der Waals surface area contributed by atoms with Crippen LogP contribution in [0.4, 0.5) is 17.6 Å². The van der Waals surface area contributed by atoms with Gasteiger partial charge in [-0.25, -0.2) is 0 Å². The summed E-state index contributed by atoms with van der Waals surface area (Å²) in [6, 6.07) is 5.48. The van der Waals surface area contributed by atoms with Gasteiger partial charge < -0.3 is 4.74 Å². The molecular formula is C19H19F4NO2. The van der Waals surface area contributed by atoms with Crippen molar-refractivity contribution < 1.29 is 27.1 Å². The zero-order chi connectivity index (χ0) is 19.2. The van der Waals surface area contributed by atoms with Crippen molar-refractivity contribution in [1.29, 1.82) is 5.26 Å². The molecule has 0 bridgehead atoms. The standard InChI is InChI=1S/C19H19F4NO2/c20-16(12-24)3-1-2-13-4-6-14(7-5-13)18(25)26-17-10-8-15(9-11-17)19(21,22)23/h3,8-11,13-14H,1-2,4-7H2/t13-,14-. The molecule has 0 unspecified atom stereocenters. The number of benzene rings is 1.